The van der Waals surface area contributed by atoms with Crippen molar-refractivity contribution >= 4 is 40.8 Å². The van der Waals surface area contributed by atoms with Gasteiger partial charge in [0.2, 0.25) is 5.95 Å². The molecular weight excluding hydrogens is 380 g/mol. The molecule has 0 atom stereocenters. The molecule has 1 heterocycles. The first-order valence-corrected chi connectivity index (χ1v) is 8.87. The van der Waals surface area contributed by atoms with Crippen molar-refractivity contribution in [2.24, 2.45) is 0 Å². The number of para-hydroxylation sites is 1. The van der Waals surface area contributed by atoms with Gasteiger partial charge in [0.1, 0.15) is 5.69 Å². The number of carbonyl (C=O) groups is 2. The van der Waals surface area contributed by atoms with Crippen molar-refractivity contribution in [1.29, 1.82) is 0 Å². The fourth-order valence-corrected chi connectivity index (χ4v) is 2.60. The molecule has 0 saturated heterocycles. The van der Waals surface area contributed by atoms with E-state index < -0.39 is 11.9 Å². The Kier molecular flexibility index (Phi) is 6.18. The Hall–Kier alpha value is -3.45. The third-order valence-corrected chi connectivity index (χ3v) is 3.87. The van der Waals surface area contributed by atoms with Gasteiger partial charge < -0.3 is 15.4 Å². The summed E-state index contributed by atoms with van der Waals surface area (Å²) in [6.07, 6.45) is 1.46. The summed E-state index contributed by atoms with van der Waals surface area (Å²) in [5.41, 5.74) is 1.44. The van der Waals surface area contributed by atoms with Gasteiger partial charge in [-0.15, -0.1) is 0 Å². The van der Waals surface area contributed by atoms with E-state index in [1.807, 2.05) is 0 Å². The van der Waals surface area contributed by atoms with Crippen LogP contribution >= 0.6 is 11.6 Å². The second-order valence-electron chi connectivity index (χ2n) is 5.62. The highest BCUT2D eigenvalue weighted by Crippen LogP contribution is 2.19. The number of halogens is 1. The summed E-state index contributed by atoms with van der Waals surface area (Å²) >= 11 is 5.96. The van der Waals surface area contributed by atoms with E-state index in [1.165, 1.54) is 12.3 Å². The summed E-state index contributed by atoms with van der Waals surface area (Å²) in [5, 5.41) is 6.24. The van der Waals surface area contributed by atoms with Gasteiger partial charge in [-0.1, -0.05) is 29.8 Å². The molecule has 0 saturated carbocycles. The van der Waals surface area contributed by atoms with Crippen molar-refractivity contribution in [3.63, 3.8) is 0 Å². The first kappa shape index (κ1) is 19.3. The maximum Gasteiger partial charge on any atom is 0.340 e. The molecule has 3 rings (SSSR count). The van der Waals surface area contributed by atoms with E-state index in [-0.39, 0.29) is 23.8 Å². The number of benzene rings is 2. The number of ether oxygens (including phenoxy) is 1. The Labute approximate surface area is 166 Å². The van der Waals surface area contributed by atoms with Gasteiger partial charge in [0, 0.05) is 16.9 Å². The average Bonchev–Trinajstić information content (AvgIpc) is 2.69. The number of nitrogens with zero attached hydrogens (tertiary/aromatic N) is 2. The van der Waals surface area contributed by atoms with Crippen LogP contribution in [-0.2, 0) is 4.74 Å². The van der Waals surface area contributed by atoms with Crippen molar-refractivity contribution < 1.29 is 14.3 Å². The van der Waals surface area contributed by atoms with Crippen molar-refractivity contribution in [2.75, 3.05) is 17.2 Å². The standard InChI is InChI=1S/C20H17ClN4O3/c1-2-28-19(27)15-8-3-4-9-16(15)24-18(26)17-10-11-22-20(25-17)23-14-7-5-6-13(21)12-14/h3-12H,2H2,1H3,(H,24,26)(H,22,23,25). The van der Waals surface area contributed by atoms with Crippen LogP contribution in [0, 0.1) is 0 Å². The van der Waals surface area contributed by atoms with Gasteiger partial charge >= 0.3 is 5.97 Å². The molecular formula is C20H17ClN4O3. The number of amides is 1. The molecule has 0 unspecified atom stereocenters. The van der Waals surface area contributed by atoms with Crippen LogP contribution in [0.5, 0.6) is 0 Å². The molecule has 0 aliphatic carbocycles. The van der Waals surface area contributed by atoms with Crippen LogP contribution in [0.1, 0.15) is 27.8 Å². The van der Waals surface area contributed by atoms with Crippen LogP contribution in [0.15, 0.2) is 60.8 Å². The SMILES string of the molecule is CCOC(=O)c1ccccc1NC(=O)c1ccnc(Nc2cccc(Cl)c2)n1. The van der Waals surface area contributed by atoms with Crippen molar-refractivity contribution in [3.8, 4) is 0 Å². The molecule has 2 aromatic carbocycles. The first-order valence-electron chi connectivity index (χ1n) is 8.50. The lowest BCUT2D eigenvalue weighted by Gasteiger charge is -2.10. The van der Waals surface area contributed by atoms with Gasteiger partial charge in [0.15, 0.2) is 0 Å². The summed E-state index contributed by atoms with van der Waals surface area (Å²) < 4.78 is 5.01. The topological polar surface area (TPSA) is 93.2 Å². The van der Waals surface area contributed by atoms with Gasteiger partial charge in [0.05, 0.1) is 17.9 Å². The zero-order valence-corrected chi connectivity index (χ0v) is 15.7. The van der Waals surface area contributed by atoms with Gasteiger partial charge in [-0.3, -0.25) is 4.79 Å². The smallest absolute Gasteiger partial charge is 0.340 e. The monoisotopic (exact) mass is 396 g/mol. The molecule has 142 valence electrons. The highest BCUT2D eigenvalue weighted by atomic mass is 35.5. The van der Waals surface area contributed by atoms with Crippen LogP contribution in [-0.4, -0.2) is 28.5 Å². The highest BCUT2D eigenvalue weighted by Gasteiger charge is 2.16. The fraction of sp³-hybridized carbons (Fsp3) is 0.100. The molecule has 0 aliphatic heterocycles. The lowest BCUT2D eigenvalue weighted by atomic mass is 10.1. The Morgan fingerprint density at radius 2 is 1.93 bits per heavy atom. The molecule has 0 spiro atoms. The minimum absolute atomic E-state index is 0.137. The first-order chi connectivity index (χ1) is 13.6. The molecule has 0 radical (unpaired) electrons. The summed E-state index contributed by atoms with van der Waals surface area (Å²) in [6.45, 7) is 1.96. The van der Waals surface area contributed by atoms with Crippen molar-refractivity contribution in [2.45, 2.75) is 6.92 Å². The fourth-order valence-electron chi connectivity index (χ4n) is 2.41. The van der Waals surface area contributed by atoms with Crippen LogP contribution in [0.3, 0.4) is 0 Å². The quantitative estimate of drug-likeness (QED) is 0.603. The molecule has 7 nitrogen and oxygen atoms in total. The number of aromatic nitrogens is 2. The Morgan fingerprint density at radius 3 is 2.71 bits per heavy atom. The van der Waals surface area contributed by atoms with Gasteiger partial charge in [-0.25, -0.2) is 14.8 Å². The predicted octanol–water partition coefficient (Wildman–Crippen LogP) is 4.30. The number of carbonyl (C=O) groups excluding carboxylic acids is 2. The van der Waals surface area contributed by atoms with Crippen LogP contribution in [0.25, 0.3) is 0 Å². The van der Waals surface area contributed by atoms with E-state index in [0.29, 0.717) is 16.4 Å². The van der Waals surface area contributed by atoms with Crippen molar-refractivity contribution in [3.05, 3.63) is 77.1 Å². The maximum atomic E-state index is 12.6. The summed E-state index contributed by atoms with van der Waals surface area (Å²) in [4.78, 5) is 33.0. The molecule has 1 aromatic heterocycles. The zero-order chi connectivity index (χ0) is 19.9. The third-order valence-electron chi connectivity index (χ3n) is 3.64. The lowest BCUT2D eigenvalue weighted by Crippen LogP contribution is -2.17. The van der Waals surface area contributed by atoms with Gasteiger partial charge in [-0.2, -0.15) is 0 Å². The molecule has 1 amide bonds. The van der Waals surface area contributed by atoms with E-state index in [0.717, 1.165) is 0 Å². The summed E-state index contributed by atoms with van der Waals surface area (Å²) in [6, 6.07) is 15.1. The van der Waals surface area contributed by atoms with Crippen LogP contribution in [0.2, 0.25) is 5.02 Å². The molecule has 3 aromatic rings. The number of hydrogen-bond donors (Lipinski definition) is 2. The minimum Gasteiger partial charge on any atom is -0.462 e. The number of esters is 1. The Bertz CT molecular complexity index is 1010. The second kappa shape index (κ2) is 8.96. The number of anilines is 3. The predicted molar refractivity (Wildman–Crippen MR) is 107 cm³/mol. The number of rotatable bonds is 6. The van der Waals surface area contributed by atoms with Gasteiger partial charge in [0.25, 0.3) is 5.91 Å². The normalized spacial score (nSPS) is 10.2. The molecule has 2 N–H and O–H groups in total. The van der Waals surface area contributed by atoms with Gasteiger partial charge in [-0.05, 0) is 43.3 Å². The molecule has 28 heavy (non-hydrogen) atoms. The van der Waals surface area contributed by atoms with E-state index in [2.05, 4.69) is 20.6 Å². The maximum absolute atomic E-state index is 12.6. The highest BCUT2D eigenvalue weighted by molar-refractivity contribution is 6.30. The second-order valence-corrected chi connectivity index (χ2v) is 6.06. The molecule has 0 fully saturated rings. The summed E-state index contributed by atoms with van der Waals surface area (Å²) in [5.74, 6) is -0.744. The molecule has 0 bridgehead atoms. The van der Waals surface area contributed by atoms with Crippen molar-refractivity contribution in [1.82, 2.24) is 9.97 Å². The van der Waals surface area contributed by atoms with E-state index >= 15 is 0 Å². The van der Waals surface area contributed by atoms with E-state index in [4.69, 9.17) is 16.3 Å². The average molecular weight is 397 g/mol. The van der Waals surface area contributed by atoms with Crippen LogP contribution in [0.4, 0.5) is 17.3 Å². The zero-order valence-electron chi connectivity index (χ0n) is 15.0. The largest absolute Gasteiger partial charge is 0.462 e. The molecule has 0 aliphatic rings. The number of hydrogen-bond acceptors (Lipinski definition) is 6. The molecule has 8 heteroatoms. The van der Waals surface area contributed by atoms with Crippen LogP contribution < -0.4 is 10.6 Å². The Balaban J connectivity index is 1.78. The van der Waals surface area contributed by atoms with E-state index in [1.54, 1.807) is 55.5 Å². The third kappa shape index (κ3) is 4.83. The summed E-state index contributed by atoms with van der Waals surface area (Å²) in [7, 11) is 0. The Morgan fingerprint density at radius 1 is 1.11 bits per heavy atom. The minimum atomic E-state index is -0.510. The lowest BCUT2D eigenvalue weighted by molar-refractivity contribution is 0.0527. The van der Waals surface area contributed by atoms with E-state index in [9.17, 15) is 9.59 Å². The number of nitrogens with one attached hydrogen (secondary N) is 2.